The highest BCUT2D eigenvalue weighted by atomic mass is 16.5. The van der Waals surface area contributed by atoms with Gasteiger partial charge in [0.15, 0.2) is 17.3 Å². The fraction of sp³-hybridized carbons (Fsp3) is 0.200. The normalized spacial score (nSPS) is 11.0. The smallest absolute Gasteiger partial charge is 0.252 e. The SMILES string of the molecule is CCc1cc(=O)[nH]c(-n2nc(-c3ccco3)cc2NC(=O)/C=C\c2cc(OC)c(OC)c(OC)c2)n1. The van der Waals surface area contributed by atoms with Gasteiger partial charge in [0.25, 0.3) is 5.56 Å². The van der Waals surface area contributed by atoms with E-state index in [1.165, 1.54) is 44.4 Å². The molecule has 0 spiro atoms. The zero-order chi connectivity index (χ0) is 25.7. The Morgan fingerprint density at radius 3 is 2.50 bits per heavy atom. The molecule has 0 radical (unpaired) electrons. The number of amides is 1. The summed E-state index contributed by atoms with van der Waals surface area (Å²) in [5.74, 6) is 1.88. The molecule has 4 rings (SSSR count). The molecule has 36 heavy (non-hydrogen) atoms. The maximum atomic E-state index is 12.8. The Labute approximate surface area is 206 Å². The van der Waals surface area contributed by atoms with Crippen LogP contribution in [0.25, 0.3) is 23.5 Å². The number of furan rings is 1. The van der Waals surface area contributed by atoms with Gasteiger partial charge in [-0.2, -0.15) is 9.78 Å². The number of ether oxygens (including phenoxy) is 3. The van der Waals surface area contributed by atoms with Gasteiger partial charge in [-0.1, -0.05) is 6.92 Å². The van der Waals surface area contributed by atoms with Crippen molar-refractivity contribution in [2.75, 3.05) is 26.6 Å². The van der Waals surface area contributed by atoms with Crippen LogP contribution >= 0.6 is 0 Å². The Morgan fingerprint density at radius 2 is 1.89 bits per heavy atom. The molecule has 1 aromatic carbocycles. The molecule has 0 aliphatic carbocycles. The minimum absolute atomic E-state index is 0.168. The highest BCUT2D eigenvalue weighted by molar-refractivity contribution is 6.01. The van der Waals surface area contributed by atoms with Crippen LogP contribution in [0.1, 0.15) is 18.2 Å². The number of anilines is 1. The molecule has 2 N–H and O–H groups in total. The Bertz CT molecular complexity index is 1430. The van der Waals surface area contributed by atoms with E-state index in [2.05, 4.69) is 20.4 Å². The minimum Gasteiger partial charge on any atom is -0.493 e. The zero-order valence-electron chi connectivity index (χ0n) is 20.2. The zero-order valence-corrected chi connectivity index (χ0v) is 20.2. The summed E-state index contributed by atoms with van der Waals surface area (Å²) in [5, 5.41) is 7.26. The van der Waals surface area contributed by atoms with E-state index in [9.17, 15) is 9.59 Å². The van der Waals surface area contributed by atoms with Gasteiger partial charge in [0.1, 0.15) is 11.5 Å². The lowest BCUT2D eigenvalue weighted by Gasteiger charge is -2.12. The maximum absolute atomic E-state index is 12.8. The van der Waals surface area contributed by atoms with Gasteiger partial charge < -0.3 is 23.9 Å². The third-order valence-electron chi connectivity index (χ3n) is 5.19. The van der Waals surface area contributed by atoms with E-state index < -0.39 is 5.91 Å². The third kappa shape index (κ3) is 5.14. The Hall–Kier alpha value is -4.80. The van der Waals surface area contributed by atoms with Crippen LogP contribution in [0.5, 0.6) is 17.2 Å². The second-order valence-corrected chi connectivity index (χ2v) is 7.50. The van der Waals surface area contributed by atoms with Gasteiger partial charge in [0, 0.05) is 23.9 Å². The van der Waals surface area contributed by atoms with Crippen LogP contribution in [0.15, 0.2) is 57.9 Å². The van der Waals surface area contributed by atoms with Gasteiger partial charge in [-0.3, -0.25) is 14.6 Å². The second-order valence-electron chi connectivity index (χ2n) is 7.50. The quantitative estimate of drug-likeness (QED) is 0.340. The van der Waals surface area contributed by atoms with Gasteiger partial charge in [-0.15, -0.1) is 0 Å². The summed E-state index contributed by atoms with van der Waals surface area (Å²) in [4.78, 5) is 32.1. The van der Waals surface area contributed by atoms with E-state index in [0.717, 1.165) is 0 Å². The van der Waals surface area contributed by atoms with Crippen LogP contribution in [0.3, 0.4) is 0 Å². The molecule has 1 amide bonds. The molecule has 3 aromatic heterocycles. The molecule has 0 saturated carbocycles. The number of hydrogen-bond donors (Lipinski definition) is 2. The van der Waals surface area contributed by atoms with E-state index in [0.29, 0.717) is 46.4 Å². The second kappa shape index (κ2) is 10.6. The van der Waals surface area contributed by atoms with E-state index in [-0.39, 0.29) is 17.3 Å². The third-order valence-corrected chi connectivity index (χ3v) is 5.19. The maximum Gasteiger partial charge on any atom is 0.252 e. The lowest BCUT2D eigenvalue weighted by Crippen LogP contribution is -2.18. The number of hydrogen-bond acceptors (Lipinski definition) is 8. The van der Waals surface area contributed by atoms with Gasteiger partial charge in [0.05, 0.1) is 27.6 Å². The summed E-state index contributed by atoms with van der Waals surface area (Å²) in [6.45, 7) is 1.89. The molecule has 3 heterocycles. The summed E-state index contributed by atoms with van der Waals surface area (Å²) in [7, 11) is 4.55. The first-order valence-corrected chi connectivity index (χ1v) is 11.0. The largest absolute Gasteiger partial charge is 0.493 e. The van der Waals surface area contributed by atoms with Crippen molar-refractivity contribution in [3.63, 3.8) is 0 Å². The van der Waals surface area contributed by atoms with Crippen molar-refractivity contribution in [2.24, 2.45) is 0 Å². The van der Waals surface area contributed by atoms with Gasteiger partial charge in [0.2, 0.25) is 17.6 Å². The monoisotopic (exact) mass is 491 g/mol. The fourth-order valence-corrected chi connectivity index (χ4v) is 3.49. The average molecular weight is 492 g/mol. The van der Waals surface area contributed by atoms with Crippen LogP contribution in [-0.4, -0.2) is 47.0 Å². The van der Waals surface area contributed by atoms with Crippen molar-refractivity contribution in [2.45, 2.75) is 13.3 Å². The summed E-state index contributed by atoms with van der Waals surface area (Å²) >= 11 is 0. The first kappa shape index (κ1) is 24.3. The molecule has 0 atom stereocenters. The molecule has 0 fully saturated rings. The number of benzene rings is 1. The molecule has 4 aromatic rings. The molecule has 0 unspecified atom stereocenters. The number of nitrogens with one attached hydrogen (secondary N) is 2. The van der Waals surface area contributed by atoms with E-state index >= 15 is 0 Å². The Morgan fingerprint density at radius 1 is 1.14 bits per heavy atom. The number of nitrogens with zero attached hydrogens (tertiary/aromatic N) is 3. The molecule has 11 nitrogen and oxygen atoms in total. The van der Waals surface area contributed by atoms with Crippen LogP contribution in [-0.2, 0) is 11.2 Å². The fourth-order valence-electron chi connectivity index (χ4n) is 3.49. The lowest BCUT2D eigenvalue weighted by atomic mass is 10.1. The van der Waals surface area contributed by atoms with Crippen molar-refractivity contribution >= 4 is 17.8 Å². The molecular weight excluding hydrogens is 466 g/mol. The summed E-state index contributed by atoms with van der Waals surface area (Å²) in [6, 6.07) is 9.94. The van der Waals surface area contributed by atoms with Crippen LogP contribution in [0.2, 0.25) is 0 Å². The topological polar surface area (TPSA) is 134 Å². The number of carbonyl (C=O) groups is 1. The van der Waals surface area contributed by atoms with Crippen LogP contribution < -0.4 is 25.1 Å². The average Bonchev–Trinajstić information content (AvgIpc) is 3.56. The highest BCUT2D eigenvalue weighted by Crippen LogP contribution is 2.38. The first-order chi connectivity index (χ1) is 17.4. The van der Waals surface area contributed by atoms with E-state index in [1.807, 2.05) is 6.92 Å². The van der Waals surface area contributed by atoms with Gasteiger partial charge in [-0.05, 0) is 42.3 Å². The summed E-state index contributed by atoms with van der Waals surface area (Å²) < 4.78 is 22.8. The predicted molar refractivity (Wildman–Crippen MR) is 133 cm³/mol. The number of rotatable bonds is 9. The van der Waals surface area contributed by atoms with Crippen molar-refractivity contribution in [1.29, 1.82) is 0 Å². The van der Waals surface area contributed by atoms with Crippen molar-refractivity contribution in [1.82, 2.24) is 19.7 Å². The molecule has 0 aliphatic heterocycles. The number of H-pyrrole nitrogens is 1. The molecule has 0 bridgehead atoms. The molecular formula is C25H25N5O6. The predicted octanol–water partition coefficient (Wildman–Crippen LogP) is 3.46. The number of methoxy groups -OCH3 is 3. The van der Waals surface area contributed by atoms with Gasteiger partial charge in [-0.25, -0.2) is 4.98 Å². The Balaban J connectivity index is 1.66. The van der Waals surface area contributed by atoms with E-state index in [1.54, 1.807) is 36.4 Å². The highest BCUT2D eigenvalue weighted by Gasteiger charge is 2.17. The first-order valence-electron chi connectivity index (χ1n) is 11.0. The molecule has 0 saturated heterocycles. The van der Waals surface area contributed by atoms with Crippen molar-refractivity contribution in [3.8, 4) is 34.7 Å². The standard InChI is InChI=1S/C25H25N5O6/c1-5-16-13-23(32)28-25(26-16)30-21(14-17(29-30)18-7-6-10-36-18)27-22(31)9-8-15-11-19(33-2)24(35-4)20(12-15)34-3/h6-14H,5H2,1-4H3,(H,27,31)(H,26,28,32)/b9-8-. The van der Waals surface area contributed by atoms with Crippen molar-refractivity contribution in [3.05, 3.63) is 70.3 Å². The number of aromatic amines is 1. The number of aryl methyl sites for hydroxylation is 1. The number of carbonyl (C=O) groups excluding carboxylic acids is 1. The number of aromatic nitrogens is 4. The molecule has 11 heteroatoms. The Kier molecular flexibility index (Phi) is 7.19. The summed E-state index contributed by atoms with van der Waals surface area (Å²) in [6.07, 6.45) is 5.03. The molecule has 0 aliphatic rings. The van der Waals surface area contributed by atoms with Crippen molar-refractivity contribution < 1.29 is 23.4 Å². The van der Waals surface area contributed by atoms with Crippen LogP contribution in [0, 0.1) is 0 Å². The summed E-state index contributed by atoms with van der Waals surface area (Å²) in [5.41, 5.74) is 1.37. The molecule has 186 valence electrons. The van der Waals surface area contributed by atoms with Crippen LogP contribution in [0.4, 0.5) is 5.82 Å². The minimum atomic E-state index is -0.440. The van der Waals surface area contributed by atoms with E-state index in [4.69, 9.17) is 18.6 Å². The lowest BCUT2D eigenvalue weighted by molar-refractivity contribution is -0.111. The van der Waals surface area contributed by atoms with Gasteiger partial charge >= 0.3 is 0 Å².